The molecule has 33 heavy (non-hydrogen) atoms. The van der Waals surface area contributed by atoms with E-state index in [1.165, 1.54) is 30.2 Å². The fourth-order valence-corrected chi connectivity index (χ4v) is 5.57. The molecular weight excluding hydrogens is 457 g/mol. The van der Waals surface area contributed by atoms with E-state index in [1.807, 2.05) is 53.4 Å². The third-order valence-electron chi connectivity index (χ3n) is 6.29. The Balaban J connectivity index is 1.61. The number of anilines is 1. The van der Waals surface area contributed by atoms with Crippen molar-refractivity contribution in [2.24, 2.45) is 0 Å². The summed E-state index contributed by atoms with van der Waals surface area (Å²) < 4.78 is 17.3. The molecule has 2 aromatic heterocycles. The minimum absolute atomic E-state index is 0.192. The molecule has 0 amide bonds. The van der Waals surface area contributed by atoms with Crippen molar-refractivity contribution in [2.45, 2.75) is 39.2 Å². The second kappa shape index (κ2) is 9.27. The van der Waals surface area contributed by atoms with Crippen molar-refractivity contribution in [3.05, 3.63) is 69.0 Å². The molecule has 170 valence electrons. The van der Waals surface area contributed by atoms with Gasteiger partial charge in [-0.3, -0.25) is 4.79 Å². The Morgan fingerprint density at radius 1 is 1.12 bits per heavy atom. The van der Waals surface area contributed by atoms with Crippen LogP contribution in [0.1, 0.15) is 32.6 Å². The number of rotatable bonds is 4. The van der Waals surface area contributed by atoms with Crippen molar-refractivity contribution in [1.82, 2.24) is 9.55 Å². The molecule has 0 aliphatic carbocycles. The standard InChI is InChI=1S/C26H25ClFN3OS/c1-2-30-15-20(26-29-22(16-33-26)17-8-7-9-18(27)12-17)25(32)19-13-21(28)24(14-23(19)30)31-10-5-3-4-6-11-31/h7-9,12-16H,2-6,10-11H2,1H3. The molecule has 1 fully saturated rings. The highest BCUT2D eigenvalue weighted by atomic mass is 35.5. The van der Waals surface area contributed by atoms with Gasteiger partial charge in [-0.05, 0) is 44.0 Å². The van der Waals surface area contributed by atoms with E-state index in [-0.39, 0.29) is 11.2 Å². The number of pyridine rings is 1. The Bertz CT molecular complexity index is 1370. The van der Waals surface area contributed by atoms with Gasteiger partial charge in [0, 0.05) is 47.2 Å². The predicted octanol–water partition coefficient (Wildman–Crippen LogP) is 6.98. The number of hydrogen-bond acceptors (Lipinski definition) is 4. The van der Waals surface area contributed by atoms with Crippen molar-refractivity contribution < 1.29 is 4.39 Å². The van der Waals surface area contributed by atoms with Crippen LogP contribution in [0.2, 0.25) is 5.02 Å². The molecule has 7 heteroatoms. The van der Waals surface area contributed by atoms with Gasteiger partial charge in [0.15, 0.2) is 5.43 Å². The second-order valence-corrected chi connectivity index (χ2v) is 9.72. The fourth-order valence-electron chi connectivity index (χ4n) is 4.55. The number of benzene rings is 2. The summed E-state index contributed by atoms with van der Waals surface area (Å²) in [6, 6.07) is 10.8. The van der Waals surface area contributed by atoms with E-state index in [2.05, 4.69) is 4.90 Å². The molecule has 0 bridgehead atoms. The molecule has 0 saturated carbocycles. The molecule has 3 heterocycles. The van der Waals surface area contributed by atoms with Gasteiger partial charge in [0.05, 0.1) is 22.5 Å². The molecular formula is C26H25ClFN3OS. The van der Waals surface area contributed by atoms with E-state index in [0.29, 0.717) is 33.2 Å². The third-order valence-corrected chi connectivity index (χ3v) is 7.40. The summed E-state index contributed by atoms with van der Waals surface area (Å²) >= 11 is 7.53. The van der Waals surface area contributed by atoms with Gasteiger partial charge >= 0.3 is 0 Å². The van der Waals surface area contributed by atoms with Gasteiger partial charge in [-0.15, -0.1) is 11.3 Å². The number of hydrogen-bond donors (Lipinski definition) is 0. The summed E-state index contributed by atoms with van der Waals surface area (Å²) in [6.45, 7) is 4.40. The Morgan fingerprint density at radius 3 is 2.64 bits per heavy atom. The van der Waals surface area contributed by atoms with Crippen molar-refractivity contribution in [1.29, 1.82) is 0 Å². The van der Waals surface area contributed by atoms with E-state index in [9.17, 15) is 4.79 Å². The molecule has 0 radical (unpaired) electrons. The maximum absolute atomic E-state index is 15.2. The highest BCUT2D eigenvalue weighted by molar-refractivity contribution is 7.13. The normalized spacial score (nSPS) is 14.6. The number of aromatic nitrogens is 2. The van der Waals surface area contributed by atoms with Crippen LogP contribution in [-0.2, 0) is 6.54 Å². The van der Waals surface area contributed by atoms with Gasteiger partial charge in [0.1, 0.15) is 10.8 Å². The van der Waals surface area contributed by atoms with Crippen molar-refractivity contribution in [3.63, 3.8) is 0 Å². The van der Waals surface area contributed by atoms with Crippen LogP contribution >= 0.6 is 22.9 Å². The maximum Gasteiger partial charge on any atom is 0.199 e. The number of halogens is 2. The summed E-state index contributed by atoms with van der Waals surface area (Å²) in [7, 11) is 0. The van der Waals surface area contributed by atoms with Gasteiger partial charge in [-0.2, -0.15) is 0 Å². The van der Waals surface area contributed by atoms with Crippen molar-refractivity contribution in [2.75, 3.05) is 18.0 Å². The van der Waals surface area contributed by atoms with Crippen molar-refractivity contribution >= 4 is 39.5 Å². The molecule has 1 aliphatic heterocycles. The highest BCUT2D eigenvalue weighted by Crippen LogP contribution is 2.32. The number of fused-ring (bicyclic) bond motifs is 1. The zero-order valence-corrected chi connectivity index (χ0v) is 20.1. The van der Waals surface area contributed by atoms with E-state index < -0.39 is 0 Å². The Labute approximate surface area is 201 Å². The Morgan fingerprint density at radius 2 is 1.91 bits per heavy atom. The van der Waals surface area contributed by atoms with E-state index in [4.69, 9.17) is 16.6 Å². The SMILES string of the molecule is CCn1cc(-c2nc(-c3cccc(Cl)c3)cs2)c(=O)c2cc(F)c(N3CCCCCC3)cc21. The van der Waals surface area contributed by atoms with Crippen LogP contribution in [-0.4, -0.2) is 22.6 Å². The summed E-state index contributed by atoms with van der Waals surface area (Å²) in [5, 5.41) is 3.57. The van der Waals surface area contributed by atoms with Gasteiger partial charge in [0.25, 0.3) is 0 Å². The van der Waals surface area contributed by atoms with E-state index in [1.54, 1.807) is 0 Å². The molecule has 0 atom stereocenters. The molecule has 4 nitrogen and oxygen atoms in total. The minimum atomic E-state index is -0.333. The van der Waals surface area contributed by atoms with Crippen LogP contribution in [0, 0.1) is 5.82 Å². The van der Waals surface area contributed by atoms with Crippen LogP contribution in [0.3, 0.4) is 0 Å². The van der Waals surface area contributed by atoms with Crippen LogP contribution in [0.25, 0.3) is 32.7 Å². The minimum Gasteiger partial charge on any atom is -0.369 e. The zero-order chi connectivity index (χ0) is 22.9. The molecule has 0 unspecified atom stereocenters. The maximum atomic E-state index is 15.2. The van der Waals surface area contributed by atoms with E-state index in [0.717, 1.165) is 42.7 Å². The highest BCUT2D eigenvalue weighted by Gasteiger charge is 2.19. The van der Waals surface area contributed by atoms with Gasteiger partial charge in [-0.1, -0.05) is 36.6 Å². The zero-order valence-electron chi connectivity index (χ0n) is 18.5. The van der Waals surface area contributed by atoms with Crippen LogP contribution in [0.15, 0.2) is 52.8 Å². The first kappa shape index (κ1) is 22.1. The first-order chi connectivity index (χ1) is 16.0. The summed E-state index contributed by atoms with van der Waals surface area (Å²) in [5.41, 5.74) is 3.32. The molecule has 0 spiro atoms. The van der Waals surface area contributed by atoms with Crippen molar-refractivity contribution in [3.8, 4) is 21.8 Å². The summed E-state index contributed by atoms with van der Waals surface area (Å²) in [5.74, 6) is -0.333. The lowest BCUT2D eigenvalue weighted by atomic mass is 10.1. The van der Waals surface area contributed by atoms with Crippen LogP contribution in [0.5, 0.6) is 0 Å². The summed E-state index contributed by atoms with van der Waals surface area (Å²) in [4.78, 5) is 20.3. The van der Waals surface area contributed by atoms with Gasteiger partial charge in [0.2, 0.25) is 0 Å². The average Bonchev–Trinajstić information content (AvgIpc) is 3.15. The van der Waals surface area contributed by atoms with Gasteiger partial charge < -0.3 is 9.47 Å². The summed E-state index contributed by atoms with van der Waals surface area (Å²) in [6.07, 6.45) is 6.35. The number of thiazole rings is 1. The lowest BCUT2D eigenvalue weighted by molar-refractivity contribution is 0.618. The predicted molar refractivity (Wildman–Crippen MR) is 136 cm³/mol. The first-order valence-electron chi connectivity index (χ1n) is 11.4. The topological polar surface area (TPSA) is 38.1 Å². The third kappa shape index (κ3) is 4.30. The largest absolute Gasteiger partial charge is 0.369 e. The fraction of sp³-hybridized carbons (Fsp3) is 0.308. The lowest BCUT2D eigenvalue weighted by Gasteiger charge is -2.24. The smallest absolute Gasteiger partial charge is 0.199 e. The Hall–Kier alpha value is -2.70. The molecule has 2 aromatic carbocycles. The molecule has 1 saturated heterocycles. The average molecular weight is 482 g/mol. The van der Waals surface area contributed by atoms with Crippen LogP contribution in [0.4, 0.5) is 10.1 Å². The van der Waals surface area contributed by atoms with E-state index >= 15 is 4.39 Å². The number of nitrogens with zero attached hydrogens (tertiary/aromatic N) is 3. The monoisotopic (exact) mass is 481 g/mol. The quantitative estimate of drug-likeness (QED) is 0.315. The first-order valence-corrected chi connectivity index (χ1v) is 12.6. The van der Waals surface area contributed by atoms with Gasteiger partial charge in [-0.25, -0.2) is 9.37 Å². The molecule has 4 aromatic rings. The molecule has 0 N–H and O–H groups in total. The Kier molecular flexibility index (Phi) is 6.21. The number of aryl methyl sites for hydroxylation is 1. The second-order valence-electron chi connectivity index (χ2n) is 8.43. The molecule has 5 rings (SSSR count). The molecule has 1 aliphatic rings. The van der Waals surface area contributed by atoms with Crippen LogP contribution < -0.4 is 10.3 Å². The lowest BCUT2D eigenvalue weighted by Crippen LogP contribution is -2.25.